The summed E-state index contributed by atoms with van der Waals surface area (Å²) in [5.74, 6) is -0.477. The van der Waals surface area contributed by atoms with E-state index < -0.39 is 13.8 Å². The van der Waals surface area contributed by atoms with Gasteiger partial charge in [0.15, 0.2) is 0 Å². The van der Waals surface area contributed by atoms with Crippen LogP contribution in [-0.2, 0) is 14.1 Å². The van der Waals surface area contributed by atoms with Gasteiger partial charge in [-0.25, -0.2) is 9.36 Å². The molecule has 0 saturated carbocycles. The topological polar surface area (TPSA) is 104 Å². The van der Waals surface area contributed by atoms with Gasteiger partial charge in [0, 0.05) is 6.08 Å². The molecule has 0 aromatic rings. The molecule has 0 fully saturated rings. The molecule has 0 unspecified atom stereocenters. The quantitative estimate of drug-likeness (QED) is 0.247. The van der Waals surface area contributed by atoms with Crippen LogP contribution in [0.2, 0.25) is 0 Å². The number of esters is 1. The minimum Gasteiger partial charge on any atom is -0.432 e. The third-order valence-corrected chi connectivity index (χ3v) is 0.366. The molecule has 0 aromatic carbocycles. The lowest BCUT2D eigenvalue weighted by molar-refractivity contribution is -0.132. The lowest BCUT2D eigenvalue weighted by Gasteiger charge is -1.85. The van der Waals surface area contributed by atoms with Crippen LogP contribution in [0.3, 0.4) is 0 Å². The van der Waals surface area contributed by atoms with Gasteiger partial charge in [-0.1, -0.05) is 13.2 Å². The van der Waals surface area contributed by atoms with Crippen LogP contribution in [-0.4, -0.2) is 20.6 Å². The molecule has 70 valence electrons. The average molecular weight is 196 g/mol. The molecular formula is C5H9O6P. The second-order valence-corrected chi connectivity index (χ2v) is 2.35. The van der Waals surface area contributed by atoms with Crippen LogP contribution >= 0.6 is 7.82 Å². The van der Waals surface area contributed by atoms with E-state index in [9.17, 15) is 4.79 Å². The van der Waals surface area contributed by atoms with Gasteiger partial charge in [0.25, 0.3) is 0 Å². The molecule has 0 heterocycles. The first-order valence-corrected chi connectivity index (χ1v) is 4.10. The van der Waals surface area contributed by atoms with Crippen LogP contribution in [0.25, 0.3) is 0 Å². The molecule has 0 radical (unpaired) electrons. The second kappa shape index (κ2) is 6.75. The zero-order chi connectivity index (χ0) is 10.2. The largest absolute Gasteiger partial charge is 0.466 e. The summed E-state index contributed by atoms with van der Waals surface area (Å²) in [6, 6.07) is 0. The monoisotopic (exact) mass is 196 g/mol. The molecule has 0 bridgehead atoms. The van der Waals surface area contributed by atoms with Crippen molar-refractivity contribution in [3.8, 4) is 0 Å². The highest BCUT2D eigenvalue weighted by atomic mass is 31.2. The van der Waals surface area contributed by atoms with E-state index in [-0.39, 0.29) is 0 Å². The third kappa shape index (κ3) is 35.7. The molecule has 0 aliphatic heterocycles. The van der Waals surface area contributed by atoms with Crippen molar-refractivity contribution >= 4 is 13.8 Å². The van der Waals surface area contributed by atoms with Crippen molar-refractivity contribution in [3.63, 3.8) is 0 Å². The van der Waals surface area contributed by atoms with Crippen molar-refractivity contribution in [2.24, 2.45) is 0 Å². The Hall–Kier alpha value is -0.940. The Morgan fingerprint density at radius 2 is 1.67 bits per heavy atom. The summed E-state index contributed by atoms with van der Waals surface area (Å²) in [5, 5.41) is 0. The summed E-state index contributed by atoms with van der Waals surface area (Å²) in [6.45, 7) is 6.31. The van der Waals surface area contributed by atoms with E-state index in [2.05, 4.69) is 17.9 Å². The summed E-state index contributed by atoms with van der Waals surface area (Å²) >= 11 is 0. The number of rotatable bonds is 2. The van der Waals surface area contributed by atoms with Crippen molar-refractivity contribution in [2.45, 2.75) is 0 Å². The molecule has 6 nitrogen and oxygen atoms in total. The zero-order valence-electron chi connectivity index (χ0n) is 6.08. The van der Waals surface area contributed by atoms with Crippen LogP contribution in [0, 0.1) is 0 Å². The minimum absolute atomic E-state index is 0.477. The standard InChI is InChI=1S/C5H6O2.H3O4P/c1-3-5(6)7-4-2;1-5(2,3)4/h3-4H,1-2H2;(H3,1,2,3,4). The van der Waals surface area contributed by atoms with Crippen LogP contribution in [0.4, 0.5) is 0 Å². The number of carbonyl (C=O) groups excluding carboxylic acids is 1. The van der Waals surface area contributed by atoms with Crippen molar-refractivity contribution in [2.75, 3.05) is 0 Å². The highest BCUT2D eigenvalue weighted by Crippen LogP contribution is 2.25. The van der Waals surface area contributed by atoms with E-state index in [1.807, 2.05) is 0 Å². The molecule has 3 N–H and O–H groups in total. The molecule has 7 heteroatoms. The molecule has 0 aromatic heterocycles. The first-order chi connectivity index (χ1) is 5.31. The van der Waals surface area contributed by atoms with E-state index in [1.54, 1.807) is 0 Å². The highest BCUT2D eigenvalue weighted by Gasteiger charge is 2.00. The Kier molecular flexibility index (Phi) is 7.67. The summed E-state index contributed by atoms with van der Waals surface area (Å²) in [7, 11) is -4.64. The maximum absolute atomic E-state index is 10.0. The third-order valence-electron chi connectivity index (χ3n) is 0.366. The van der Waals surface area contributed by atoms with E-state index in [1.165, 1.54) is 0 Å². The van der Waals surface area contributed by atoms with Gasteiger partial charge in [-0.05, 0) is 0 Å². The van der Waals surface area contributed by atoms with E-state index in [0.29, 0.717) is 0 Å². The Morgan fingerprint density at radius 3 is 1.75 bits per heavy atom. The molecular weight excluding hydrogens is 187 g/mol. The van der Waals surface area contributed by atoms with Gasteiger partial charge in [-0.2, -0.15) is 0 Å². The zero-order valence-corrected chi connectivity index (χ0v) is 6.98. The Bertz CT molecular complexity index is 196. The molecule has 0 amide bonds. The summed E-state index contributed by atoms with van der Waals surface area (Å²) in [4.78, 5) is 31.6. The van der Waals surface area contributed by atoms with E-state index in [4.69, 9.17) is 19.2 Å². The number of phosphoric acid groups is 1. The normalized spacial score (nSPS) is 8.92. The van der Waals surface area contributed by atoms with Gasteiger partial charge in [0.05, 0.1) is 6.26 Å². The van der Waals surface area contributed by atoms with Gasteiger partial charge < -0.3 is 19.4 Å². The van der Waals surface area contributed by atoms with Crippen LogP contribution in [0.5, 0.6) is 0 Å². The highest BCUT2D eigenvalue weighted by molar-refractivity contribution is 7.45. The summed E-state index contributed by atoms with van der Waals surface area (Å²) < 4.78 is 13.1. The van der Waals surface area contributed by atoms with Gasteiger partial charge in [-0.3, -0.25) is 0 Å². The predicted molar refractivity (Wildman–Crippen MR) is 40.7 cm³/mol. The van der Waals surface area contributed by atoms with Crippen LogP contribution in [0.1, 0.15) is 0 Å². The molecule has 0 aliphatic carbocycles. The van der Waals surface area contributed by atoms with Gasteiger partial charge in [0.2, 0.25) is 0 Å². The number of ether oxygens (including phenoxy) is 1. The fourth-order valence-corrected chi connectivity index (χ4v) is 0.130. The smallest absolute Gasteiger partial charge is 0.432 e. The fraction of sp³-hybridized carbons (Fsp3) is 0. The molecule has 0 atom stereocenters. The van der Waals surface area contributed by atoms with Crippen molar-refractivity contribution < 1.29 is 28.8 Å². The lowest BCUT2D eigenvalue weighted by atomic mass is 10.7. The number of hydrogen-bond donors (Lipinski definition) is 3. The average Bonchev–Trinajstić information content (AvgIpc) is 1.85. The molecule has 12 heavy (non-hydrogen) atoms. The fourth-order valence-electron chi connectivity index (χ4n) is 0.130. The van der Waals surface area contributed by atoms with Crippen LogP contribution < -0.4 is 0 Å². The molecule has 0 aliphatic rings. The van der Waals surface area contributed by atoms with Gasteiger partial charge in [0.1, 0.15) is 0 Å². The predicted octanol–water partition coefficient (Wildman–Crippen LogP) is -0.0695. The van der Waals surface area contributed by atoms with Crippen molar-refractivity contribution in [1.82, 2.24) is 0 Å². The molecule has 0 rings (SSSR count). The second-order valence-electron chi connectivity index (χ2n) is 1.32. The number of hydrogen-bond acceptors (Lipinski definition) is 3. The lowest BCUT2D eigenvalue weighted by Crippen LogP contribution is -1.90. The molecule has 0 saturated heterocycles. The SMILES string of the molecule is C=COC(=O)C=C.O=P(O)(O)O. The first kappa shape index (κ1) is 13.6. The maximum atomic E-state index is 10.0. The van der Waals surface area contributed by atoms with Gasteiger partial charge >= 0.3 is 13.8 Å². The van der Waals surface area contributed by atoms with Gasteiger partial charge in [-0.15, -0.1) is 0 Å². The maximum Gasteiger partial charge on any atom is 0.466 e. The van der Waals surface area contributed by atoms with Crippen molar-refractivity contribution in [3.05, 3.63) is 25.5 Å². The van der Waals surface area contributed by atoms with E-state index in [0.717, 1.165) is 12.3 Å². The summed E-state index contributed by atoms with van der Waals surface area (Å²) in [5.41, 5.74) is 0. The molecule has 0 spiro atoms. The minimum atomic E-state index is -4.64. The first-order valence-electron chi connectivity index (χ1n) is 2.53. The Labute approximate surface area is 69.0 Å². The number of carbonyl (C=O) groups is 1. The van der Waals surface area contributed by atoms with E-state index >= 15 is 0 Å². The van der Waals surface area contributed by atoms with Crippen LogP contribution in [0.15, 0.2) is 25.5 Å². The Balaban J connectivity index is 0. The Morgan fingerprint density at radius 1 is 1.33 bits per heavy atom. The van der Waals surface area contributed by atoms with Crippen molar-refractivity contribution in [1.29, 1.82) is 0 Å². The summed E-state index contributed by atoms with van der Waals surface area (Å²) in [6.07, 6.45) is 2.13.